The molecule has 2 atom stereocenters. The molecule has 2 fully saturated rings. The number of likely N-dealkylation sites (tertiary alicyclic amines) is 1. The Morgan fingerprint density at radius 1 is 0.842 bits per heavy atom. The molecule has 1 saturated heterocycles. The van der Waals surface area contributed by atoms with E-state index in [2.05, 4.69) is 27.7 Å². The standard InChI is InChI=1S/C16H27NO2/c1-10(2)13-14(11(3)4)16(19)17(15(13)18)12-8-6-5-7-9-12/h10-14H,5-9H2,1-4H3. The third-order valence-electron chi connectivity index (χ3n) is 4.81. The maximum atomic E-state index is 12.7. The van der Waals surface area contributed by atoms with E-state index in [0.717, 1.165) is 25.7 Å². The number of carbonyl (C=O) groups is 2. The summed E-state index contributed by atoms with van der Waals surface area (Å²) >= 11 is 0. The van der Waals surface area contributed by atoms with Gasteiger partial charge in [0.1, 0.15) is 0 Å². The first kappa shape index (κ1) is 14.5. The summed E-state index contributed by atoms with van der Waals surface area (Å²) in [6.07, 6.45) is 5.56. The molecule has 1 aliphatic carbocycles. The minimum atomic E-state index is -0.102. The first-order chi connectivity index (χ1) is 8.95. The molecule has 2 unspecified atom stereocenters. The summed E-state index contributed by atoms with van der Waals surface area (Å²) < 4.78 is 0. The van der Waals surface area contributed by atoms with Crippen molar-refractivity contribution in [3.63, 3.8) is 0 Å². The topological polar surface area (TPSA) is 37.4 Å². The van der Waals surface area contributed by atoms with Gasteiger partial charge in [0.2, 0.25) is 11.8 Å². The van der Waals surface area contributed by atoms with Gasteiger partial charge in [-0.1, -0.05) is 47.0 Å². The number of nitrogens with zero attached hydrogens (tertiary/aromatic N) is 1. The molecule has 19 heavy (non-hydrogen) atoms. The van der Waals surface area contributed by atoms with Gasteiger partial charge in [0, 0.05) is 6.04 Å². The van der Waals surface area contributed by atoms with E-state index in [4.69, 9.17) is 0 Å². The van der Waals surface area contributed by atoms with Crippen molar-refractivity contribution in [2.75, 3.05) is 0 Å². The average molecular weight is 265 g/mol. The Balaban J connectivity index is 2.25. The smallest absolute Gasteiger partial charge is 0.233 e. The third-order valence-corrected chi connectivity index (χ3v) is 4.81. The number of imide groups is 1. The van der Waals surface area contributed by atoms with Gasteiger partial charge in [0.15, 0.2) is 0 Å². The lowest BCUT2D eigenvalue weighted by Gasteiger charge is -2.30. The summed E-state index contributed by atoms with van der Waals surface area (Å²) in [4.78, 5) is 27.0. The van der Waals surface area contributed by atoms with Gasteiger partial charge in [-0.05, 0) is 24.7 Å². The summed E-state index contributed by atoms with van der Waals surface area (Å²) in [7, 11) is 0. The van der Waals surface area contributed by atoms with E-state index in [1.165, 1.54) is 6.42 Å². The molecule has 0 radical (unpaired) electrons. The minimum absolute atomic E-state index is 0.102. The van der Waals surface area contributed by atoms with Crippen molar-refractivity contribution < 1.29 is 9.59 Å². The summed E-state index contributed by atoms with van der Waals surface area (Å²) in [5.41, 5.74) is 0. The molecule has 0 N–H and O–H groups in total. The minimum Gasteiger partial charge on any atom is -0.279 e. The first-order valence-corrected chi connectivity index (χ1v) is 7.82. The van der Waals surface area contributed by atoms with Crippen LogP contribution in [-0.4, -0.2) is 22.8 Å². The summed E-state index contributed by atoms with van der Waals surface area (Å²) in [6, 6.07) is 0.179. The molecular formula is C16H27NO2. The summed E-state index contributed by atoms with van der Waals surface area (Å²) in [5.74, 6) is 0.495. The molecule has 1 aliphatic heterocycles. The monoisotopic (exact) mass is 265 g/mol. The van der Waals surface area contributed by atoms with Crippen molar-refractivity contribution >= 4 is 11.8 Å². The van der Waals surface area contributed by atoms with E-state index in [1.807, 2.05) is 0 Å². The molecule has 1 saturated carbocycles. The van der Waals surface area contributed by atoms with Crippen LogP contribution in [0.3, 0.4) is 0 Å². The van der Waals surface area contributed by atoms with Crippen LogP contribution in [0, 0.1) is 23.7 Å². The zero-order valence-electron chi connectivity index (χ0n) is 12.7. The zero-order chi connectivity index (χ0) is 14.2. The Bertz CT molecular complexity index is 330. The zero-order valence-corrected chi connectivity index (χ0v) is 12.7. The molecule has 2 amide bonds. The summed E-state index contributed by atoms with van der Waals surface area (Å²) in [5, 5.41) is 0. The highest BCUT2D eigenvalue weighted by molar-refractivity contribution is 6.05. The van der Waals surface area contributed by atoms with Gasteiger partial charge >= 0.3 is 0 Å². The van der Waals surface area contributed by atoms with E-state index < -0.39 is 0 Å². The normalized spacial score (nSPS) is 29.9. The maximum absolute atomic E-state index is 12.7. The molecule has 0 aromatic rings. The largest absolute Gasteiger partial charge is 0.279 e. The molecule has 2 rings (SSSR count). The van der Waals surface area contributed by atoms with Crippen LogP contribution in [0.4, 0.5) is 0 Å². The SMILES string of the molecule is CC(C)C1C(=O)N(C2CCCCC2)C(=O)C1C(C)C. The van der Waals surface area contributed by atoms with E-state index in [1.54, 1.807) is 4.90 Å². The molecule has 0 aromatic carbocycles. The van der Waals surface area contributed by atoms with Gasteiger partial charge in [0.05, 0.1) is 11.8 Å². The molecule has 108 valence electrons. The van der Waals surface area contributed by atoms with Crippen molar-refractivity contribution in [3.8, 4) is 0 Å². The van der Waals surface area contributed by atoms with Crippen molar-refractivity contribution in [1.82, 2.24) is 4.90 Å². The fourth-order valence-corrected chi connectivity index (χ4v) is 3.84. The lowest BCUT2D eigenvalue weighted by molar-refractivity contribution is -0.143. The highest BCUT2D eigenvalue weighted by atomic mass is 16.2. The van der Waals surface area contributed by atoms with Crippen molar-refractivity contribution in [2.45, 2.75) is 65.8 Å². The second-order valence-corrected chi connectivity index (χ2v) is 6.88. The number of hydrogen-bond acceptors (Lipinski definition) is 2. The molecule has 0 spiro atoms. The van der Waals surface area contributed by atoms with E-state index in [-0.39, 0.29) is 41.5 Å². The van der Waals surface area contributed by atoms with Gasteiger partial charge < -0.3 is 0 Å². The fraction of sp³-hybridized carbons (Fsp3) is 0.875. The second kappa shape index (κ2) is 5.64. The molecule has 0 aromatic heterocycles. The van der Waals surface area contributed by atoms with Gasteiger partial charge in [0.25, 0.3) is 0 Å². The van der Waals surface area contributed by atoms with E-state index in [9.17, 15) is 9.59 Å². The molecule has 2 aliphatic rings. The van der Waals surface area contributed by atoms with Crippen molar-refractivity contribution in [1.29, 1.82) is 0 Å². The van der Waals surface area contributed by atoms with E-state index >= 15 is 0 Å². The van der Waals surface area contributed by atoms with Gasteiger partial charge in [-0.25, -0.2) is 0 Å². The lowest BCUT2D eigenvalue weighted by Crippen LogP contribution is -2.42. The predicted octanol–water partition coefficient (Wildman–Crippen LogP) is 3.23. The van der Waals surface area contributed by atoms with Crippen LogP contribution in [-0.2, 0) is 9.59 Å². The Morgan fingerprint density at radius 3 is 1.63 bits per heavy atom. The van der Waals surface area contributed by atoms with Crippen LogP contribution in [0.25, 0.3) is 0 Å². The molecule has 3 heteroatoms. The Kier molecular flexibility index (Phi) is 4.32. The number of rotatable bonds is 3. The highest BCUT2D eigenvalue weighted by Crippen LogP contribution is 2.39. The van der Waals surface area contributed by atoms with Crippen LogP contribution < -0.4 is 0 Å². The number of hydrogen-bond donors (Lipinski definition) is 0. The second-order valence-electron chi connectivity index (χ2n) is 6.88. The Labute approximate surface area is 116 Å². The molecule has 0 bridgehead atoms. The highest BCUT2D eigenvalue weighted by Gasteiger charge is 2.51. The van der Waals surface area contributed by atoms with Crippen LogP contribution in [0.15, 0.2) is 0 Å². The summed E-state index contributed by atoms with van der Waals surface area (Å²) in [6.45, 7) is 8.26. The van der Waals surface area contributed by atoms with Gasteiger partial charge in [-0.3, -0.25) is 14.5 Å². The quantitative estimate of drug-likeness (QED) is 0.735. The third kappa shape index (κ3) is 2.56. The maximum Gasteiger partial charge on any atom is 0.233 e. The number of amides is 2. The first-order valence-electron chi connectivity index (χ1n) is 7.82. The molecule has 3 nitrogen and oxygen atoms in total. The van der Waals surface area contributed by atoms with E-state index in [0.29, 0.717) is 0 Å². The van der Waals surface area contributed by atoms with Gasteiger partial charge in [-0.2, -0.15) is 0 Å². The van der Waals surface area contributed by atoms with Crippen LogP contribution in [0.1, 0.15) is 59.8 Å². The van der Waals surface area contributed by atoms with Crippen molar-refractivity contribution in [2.24, 2.45) is 23.7 Å². The van der Waals surface area contributed by atoms with Crippen molar-refractivity contribution in [3.05, 3.63) is 0 Å². The number of carbonyl (C=O) groups excluding carboxylic acids is 2. The molecule has 1 heterocycles. The predicted molar refractivity (Wildman–Crippen MR) is 75.4 cm³/mol. The lowest BCUT2D eigenvalue weighted by atomic mass is 9.79. The fourth-order valence-electron chi connectivity index (χ4n) is 3.84. The molecular weight excluding hydrogens is 238 g/mol. The Morgan fingerprint density at radius 2 is 1.26 bits per heavy atom. The van der Waals surface area contributed by atoms with Gasteiger partial charge in [-0.15, -0.1) is 0 Å². The average Bonchev–Trinajstić information content (AvgIpc) is 2.62. The van der Waals surface area contributed by atoms with Crippen LogP contribution >= 0.6 is 0 Å². The van der Waals surface area contributed by atoms with Crippen LogP contribution in [0.5, 0.6) is 0 Å². The Hall–Kier alpha value is -0.860. The van der Waals surface area contributed by atoms with Crippen LogP contribution in [0.2, 0.25) is 0 Å².